The Morgan fingerprint density at radius 3 is 3.00 bits per heavy atom. The van der Waals surface area contributed by atoms with E-state index in [-0.39, 0.29) is 17.8 Å². The number of carboxylic acids is 1. The average molecular weight is 237 g/mol. The molecule has 2 rings (SSSR count). The van der Waals surface area contributed by atoms with E-state index in [1.54, 1.807) is 0 Å². The molecular formula is C10H8FN3O3. The summed E-state index contributed by atoms with van der Waals surface area (Å²) >= 11 is 0. The molecule has 7 heteroatoms. The average Bonchev–Trinajstić information content (AvgIpc) is 2.80. The number of carboxylic acid groups (broad SMARTS) is 1. The molecule has 2 aromatic rings. The van der Waals surface area contributed by atoms with Gasteiger partial charge in [0.2, 0.25) is 6.39 Å². The van der Waals surface area contributed by atoms with Crippen molar-refractivity contribution in [2.75, 3.05) is 5.32 Å². The Morgan fingerprint density at radius 1 is 1.53 bits per heavy atom. The monoisotopic (exact) mass is 237 g/mol. The normalized spacial score (nSPS) is 10.2. The van der Waals surface area contributed by atoms with Crippen molar-refractivity contribution in [1.82, 2.24) is 10.1 Å². The second-order valence-electron chi connectivity index (χ2n) is 3.17. The van der Waals surface area contributed by atoms with Crippen LogP contribution in [0.25, 0.3) is 0 Å². The number of rotatable bonds is 4. The van der Waals surface area contributed by atoms with Crippen molar-refractivity contribution >= 4 is 11.7 Å². The third-order valence-electron chi connectivity index (χ3n) is 2.07. The summed E-state index contributed by atoms with van der Waals surface area (Å²) in [5.41, 5.74) is -0.238. The predicted octanol–water partition coefficient (Wildman–Crippen LogP) is 1.52. The standard InChI is InChI=1S/C10H8FN3O3/c11-7-3-1-2-6(10(15)16)9(7)12-4-8-13-5-17-14-8/h1-3,5,12H,4H2,(H,15,16). The number of halogens is 1. The first-order valence-corrected chi connectivity index (χ1v) is 4.69. The number of hydrogen-bond donors (Lipinski definition) is 2. The molecular weight excluding hydrogens is 229 g/mol. The molecule has 88 valence electrons. The molecule has 2 N–H and O–H groups in total. The summed E-state index contributed by atoms with van der Waals surface area (Å²) in [5.74, 6) is -1.54. The van der Waals surface area contributed by atoms with Crippen LogP contribution in [0.4, 0.5) is 10.1 Å². The third kappa shape index (κ3) is 2.39. The maximum atomic E-state index is 13.4. The quantitative estimate of drug-likeness (QED) is 0.838. The number of benzene rings is 1. The van der Waals surface area contributed by atoms with Crippen molar-refractivity contribution in [3.63, 3.8) is 0 Å². The lowest BCUT2D eigenvalue weighted by molar-refractivity contribution is 0.0697. The van der Waals surface area contributed by atoms with E-state index in [9.17, 15) is 9.18 Å². The molecule has 1 aromatic carbocycles. The summed E-state index contributed by atoms with van der Waals surface area (Å²) in [6.45, 7) is 0.0811. The largest absolute Gasteiger partial charge is 0.478 e. The Balaban J connectivity index is 2.22. The molecule has 17 heavy (non-hydrogen) atoms. The van der Waals surface area contributed by atoms with Gasteiger partial charge in [-0.15, -0.1) is 0 Å². The number of nitrogens with one attached hydrogen (secondary N) is 1. The van der Waals surface area contributed by atoms with Gasteiger partial charge in [-0.1, -0.05) is 11.2 Å². The van der Waals surface area contributed by atoms with Crippen LogP contribution in [0.3, 0.4) is 0 Å². The Hall–Kier alpha value is -2.44. The highest BCUT2D eigenvalue weighted by atomic mass is 19.1. The summed E-state index contributed by atoms with van der Waals surface area (Å²) in [4.78, 5) is 14.6. The van der Waals surface area contributed by atoms with Crippen molar-refractivity contribution in [2.24, 2.45) is 0 Å². The number of nitrogens with zero attached hydrogens (tertiary/aromatic N) is 2. The van der Waals surface area contributed by atoms with Crippen LogP contribution >= 0.6 is 0 Å². The fourth-order valence-corrected chi connectivity index (χ4v) is 1.32. The zero-order valence-electron chi connectivity index (χ0n) is 8.55. The highest BCUT2D eigenvalue weighted by Gasteiger charge is 2.14. The molecule has 0 bridgehead atoms. The van der Waals surface area contributed by atoms with E-state index in [4.69, 9.17) is 5.11 Å². The van der Waals surface area contributed by atoms with Crippen molar-refractivity contribution in [2.45, 2.75) is 6.54 Å². The zero-order valence-corrected chi connectivity index (χ0v) is 8.55. The van der Waals surface area contributed by atoms with Gasteiger partial charge in [-0.05, 0) is 12.1 Å². The van der Waals surface area contributed by atoms with Gasteiger partial charge >= 0.3 is 5.97 Å². The van der Waals surface area contributed by atoms with E-state index in [1.165, 1.54) is 18.2 Å². The van der Waals surface area contributed by atoms with Crippen LogP contribution in [-0.2, 0) is 6.54 Å². The first kappa shape index (κ1) is 11.1. The van der Waals surface area contributed by atoms with Crippen LogP contribution in [-0.4, -0.2) is 21.2 Å². The first-order valence-electron chi connectivity index (χ1n) is 4.69. The van der Waals surface area contributed by atoms with E-state index in [2.05, 4.69) is 20.0 Å². The lowest BCUT2D eigenvalue weighted by Gasteiger charge is -2.08. The molecule has 0 saturated heterocycles. The summed E-state index contributed by atoms with van der Waals surface area (Å²) in [5, 5.41) is 15.0. The van der Waals surface area contributed by atoms with Crippen molar-refractivity contribution in [3.8, 4) is 0 Å². The predicted molar refractivity (Wildman–Crippen MR) is 55.0 cm³/mol. The lowest BCUT2D eigenvalue weighted by atomic mass is 10.1. The molecule has 0 spiro atoms. The van der Waals surface area contributed by atoms with Crippen LogP contribution in [0.5, 0.6) is 0 Å². The molecule has 0 atom stereocenters. The molecule has 0 aliphatic heterocycles. The molecule has 1 heterocycles. The summed E-state index contributed by atoms with van der Waals surface area (Å²) in [6.07, 6.45) is 1.14. The number of para-hydroxylation sites is 1. The van der Waals surface area contributed by atoms with Gasteiger partial charge in [0.05, 0.1) is 17.8 Å². The van der Waals surface area contributed by atoms with Crippen molar-refractivity contribution < 1.29 is 18.8 Å². The third-order valence-corrected chi connectivity index (χ3v) is 2.07. The number of hydrogen-bond acceptors (Lipinski definition) is 5. The van der Waals surface area contributed by atoms with Gasteiger partial charge < -0.3 is 14.9 Å². The molecule has 0 saturated carbocycles. The van der Waals surface area contributed by atoms with Gasteiger partial charge in [0.15, 0.2) is 5.82 Å². The SMILES string of the molecule is O=C(O)c1cccc(F)c1NCc1ncon1. The first-order chi connectivity index (χ1) is 8.18. The molecule has 0 aliphatic carbocycles. The molecule has 0 radical (unpaired) electrons. The van der Waals surface area contributed by atoms with Crippen LogP contribution in [0.2, 0.25) is 0 Å². The smallest absolute Gasteiger partial charge is 0.337 e. The van der Waals surface area contributed by atoms with Gasteiger partial charge in [0, 0.05) is 0 Å². The Kier molecular flexibility index (Phi) is 2.99. The van der Waals surface area contributed by atoms with E-state index < -0.39 is 11.8 Å². The fourth-order valence-electron chi connectivity index (χ4n) is 1.32. The van der Waals surface area contributed by atoms with Gasteiger partial charge in [-0.2, -0.15) is 4.98 Å². The van der Waals surface area contributed by atoms with Crippen LogP contribution in [0.15, 0.2) is 29.1 Å². The summed E-state index contributed by atoms with van der Waals surface area (Å²) in [6, 6.07) is 3.81. The van der Waals surface area contributed by atoms with Crippen LogP contribution < -0.4 is 5.32 Å². The van der Waals surface area contributed by atoms with E-state index in [0.717, 1.165) is 6.39 Å². The van der Waals surface area contributed by atoms with E-state index in [0.29, 0.717) is 5.82 Å². The maximum Gasteiger partial charge on any atom is 0.337 e. The minimum Gasteiger partial charge on any atom is -0.478 e. The van der Waals surface area contributed by atoms with Gasteiger partial charge in [-0.3, -0.25) is 0 Å². The van der Waals surface area contributed by atoms with Crippen LogP contribution in [0, 0.1) is 5.82 Å². The molecule has 0 aliphatic rings. The number of aromatic nitrogens is 2. The highest BCUT2D eigenvalue weighted by molar-refractivity contribution is 5.94. The summed E-state index contributed by atoms with van der Waals surface area (Å²) < 4.78 is 17.9. The lowest BCUT2D eigenvalue weighted by Crippen LogP contribution is -2.09. The van der Waals surface area contributed by atoms with Gasteiger partial charge in [0.25, 0.3) is 0 Å². The van der Waals surface area contributed by atoms with Crippen molar-refractivity contribution in [1.29, 1.82) is 0 Å². The molecule has 1 aromatic heterocycles. The number of aromatic carboxylic acids is 1. The molecule has 6 nitrogen and oxygen atoms in total. The topological polar surface area (TPSA) is 88.2 Å². The van der Waals surface area contributed by atoms with Gasteiger partial charge in [-0.25, -0.2) is 9.18 Å². The Labute approximate surface area is 95.1 Å². The van der Waals surface area contributed by atoms with Crippen LogP contribution in [0.1, 0.15) is 16.2 Å². The number of anilines is 1. The van der Waals surface area contributed by atoms with E-state index >= 15 is 0 Å². The zero-order chi connectivity index (χ0) is 12.3. The van der Waals surface area contributed by atoms with E-state index in [1.807, 2.05) is 0 Å². The Bertz CT molecular complexity index is 528. The molecule has 0 fully saturated rings. The fraction of sp³-hybridized carbons (Fsp3) is 0.100. The second-order valence-corrected chi connectivity index (χ2v) is 3.17. The number of carbonyl (C=O) groups is 1. The Morgan fingerprint density at radius 2 is 2.35 bits per heavy atom. The minimum atomic E-state index is -1.21. The van der Waals surface area contributed by atoms with Crippen molar-refractivity contribution in [3.05, 3.63) is 41.8 Å². The summed E-state index contributed by atoms with van der Waals surface area (Å²) in [7, 11) is 0. The van der Waals surface area contributed by atoms with Gasteiger partial charge in [0.1, 0.15) is 5.82 Å². The second kappa shape index (κ2) is 4.60. The minimum absolute atomic E-state index is 0.0811. The molecule has 0 unspecified atom stereocenters. The molecule has 0 amide bonds. The highest BCUT2D eigenvalue weighted by Crippen LogP contribution is 2.20. The maximum absolute atomic E-state index is 13.4.